The van der Waals surface area contributed by atoms with E-state index in [-0.39, 0.29) is 11.6 Å². The van der Waals surface area contributed by atoms with Crippen LogP contribution in [0.2, 0.25) is 0 Å². The highest BCUT2D eigenvalue weighted by Crippen LogP contribution is 2.26. The second kappa shape index (κ2) is 8.12. The smallest absolute Gasteiger partial charge is 0.259 e. The third kappa shape index (κ3) is 3.82. The summed E-state index contributed by atoms with van der Waals surface area (Å²) in [5, 5.41) is 3.25. The number of nitrogens with two attached hydrogens (primary N) is 1. The molecule has 0 aliphatic carbocycles. The molecular weight excluding hydrogens is 312 g/mol. The summed E-state index contributed by atoms with van der Waals surface area (Å²) >= 11 is 0. The van der Waals surface area contributed by atoms with Crippen molar-refractivity contribution in [2.24, 2.45) is 0 Å². The van der Waals surface area contributed by atoms with Crippen LogP contribution in [0.15, 0.2) is 47.8 Å². The second-order valence-electron chi connectivity index (χ2n) is 6.50. The number of fused-ring (bicyclic) bond motifs is 1. The first kappa shape index (κ1) is 17.4. The van der Waals surface area contributed by atoms with E-state index in [0.29, 0.717) is 18.9 Å². The van der Waals surface area contributed by atoms with E-state index >= 15 is 0 Å². The van der Waals surface area contributed by atoms with Gasteiger partial charge in [-0.15, -0.1) is 6.58 Å². The molecule has 2 aromatic rings. The Morgan fingerprint density at radius 2 is 2.12 bits per heavy atom. The lowest BCUT2D eigenvalue weighted by molar-refractivity contribution is 0.487. The summed E-state index contributed by atoms with van der Waals surface area (Å²) < 4.78 is 1.70. The van der Waals surface area contributed by atoms with Gasteiger partial charge in [-0.1, -0.05) is 42.8 Å². The maximum Gasteiger partial charge on any atom is 0.259 e. The van der Waals surface area contributed by atoms with Crippen LogP contribution >= 0.6 is 0 Å². The molecule has 0 bridgehead atoms. The Bertz CT molecular complexity index is 782. The lowest BCUT2D eigenvalue weighted by atomic mass is 9.99. The van der Waals surface area contributed by atoms with Crippen LogP contribution in [-0.2, 0) is 13.0 Å². The fourth-order valence-electron chi connectivity index (χ4n) is 3.50. The van der Waals surface area contributed by atoms with Gasteiger partial charge in [-0.05, 0) is 37.8 Å². The standard InChI is InChI=1S/C20H26N4O/c1-2-3-4-8-11-18(15-9-6-5-7-10-15)24-19(25)16-12-13-22-14-17(16)23-20(24)21/h2,5-7,9-10,18,22H,1,3-4,8,11-14H2,(H2,21,23). The molecule has 1 aliphatic heterocycles. The van der Waals surface area contributed by atoms with Gasteiger partial charge in [0.15, 0.2) is 0 Å². The zero-order chi connectivity index (χ0) is 17.6. The van der Waals surface area contributed by atoms with Crippen molar-refractivity contribution < 1.29 is 0 Å². The summed E-state index contributed by atoms with van der Waals surface area (Å²) in [6.07, 6.45) is 6.56. The van der Waals surface area contributed by atoms with E-state index in [9.17, 15) is 4.79 Å². The number of hydrogen-bond acceptors (Lipinski definition) is 4. The van der Waals surface area contributed by atoms with Crippen LogP contribution in [0.25, 0.3) is 0 Å². The molecule has 3 rings (SSSR count). The number of allylic oxidation sites excluding steroid dienone is 1. The first-order valence-electron chi connectivity index (χ1n) is 8.98. The van der Waals surface area contributed by atoms with Crippen LogP contribution in [0.5, 0.6) is 0 Å². The lowest BCUT2D eigenvalue weighted by Crippen LogP contribution is -2.37. The summed E-state index contributed by atoms with van der Waals surface area (Å²) in [6.45, 7) is 5.20. The summed E-state index contributed by atoms with van der Waals surface area (Å²) in [5.74, 6) is 0.310. The molecule has 0 fully saturated rings. The van der Waals surface area contributed by atoms with E-state index in [1.807, 2.05) is 24.3 Å². The number of benzene rings is 1. The molecule has 0 amide bonds. The van der Waals surface area contributed by atoms with Gasteiger partial charge in [0, 0.05) is 12.1 Å². The maximum absolute atomic E-state index is 13.1. The van der Waals surface area contributed by atoms with Gasteiger partial charge in [-0.25, -0.2) is 4.98 Å². The van der Waals surface area contributed by atoms with Gasteiger partial charge in [0.25, 0.3) is 5.56 Å². The lowest BCUT2D eigenvalue weighted by Gasteiger charge is -2.25. The van der Waals surface area contributed by atoms with E-state index in [1.54, 1.807) is 4.57 Å². The highest BCUT2D eigenvalue weighted by atomic mass is 16.1. The number of hydrogen-bond donors (Lipinski definition) is 2. The second-order valence-corrected chi connectivity index (χ2v) is 6.50. The molecule has 1 aliphatic rings. The van der Waals surface area contributed by atoms with Crippen molar-refractivity contribution >= 4 is 5.95 Å². The first-order valence-corrected chi connectivity index (χ1v) is 8.98. The molecule has 1 atom stereocenters. The van der Waals surface area contributed by atoms with Crippen LogP contribution in [0, 0.1) is 0 Å². The van der Waals surface area contributed by atoms with Gasteiger partial charge in [0.1, 0.15) is 0 Å². The molecule has 25 heavy (non-hydrogen) atoms. The summed E-state index contributed by atoms with van der Waals surface area (Å²) in [5.41, 5.74) is 8.94. The van der Waals surface area contributed by atoms with E-state index in [0.717, 1.165) is 49.0 Å². The number of rotatable bonds is 7. The van der Waals surface area contributed by atoms with Gasteiger partial charge in [0.05, 0.1) is 11.7 Å². The number of aromatic nitrogens is 2. The number of nitrogens with one attached hydrogen (secondary N) is 1. The topological polar surface area (TPSA) is 72.9 Å². The Hall–Kier alpha value is -2.40. The number of nitrogens with zero attached hydrogens (tertiary/aromatic N) is 2. The van der Waals surface area contributed by atoms with Gasteiger partial charge in [0.2, 0.25) is 5.95 Å². The minimum atomic E-state index is -0.0776. The molecule has 1 unspecified atom stereocenters. The first-order chi connectivity index (χ1) is 12.2. The molecule has 0 saturated heterocycles. The highest BCUT2D eigenvalue weighted by Gasteiger charge is 2.23. The number of nitrogen functional groups attached to an aromatic ring is 1. The van der Waals surface area contributed by atoms with E-state index < -0.39 is 0 Å². The van der Waals surface area contributed by atoms with Crippen LogP contribution in [0.3, 0.4) is 0 Å². The van der Waals surface area contributed by atoms with E-state index in [2.05, 4.69) is 29.0 Å². The van der Waals surface area contributed by atoms with Gasteiger partial charge in [-0.3, -0.25) is 9.36 Å². The molecule has 0 radical (unpaired) electrons. The van der Waals surface area contributed by atoms with Crippen molar-refractivity contribution in [1.82, 2.24) is 14.9 Å². The minimum absolute atomic E-state index is 0.0153. The molecule has 0 saturated carbocycles. The molecule has 3 N–H and O–H groups in total. The van der Waals surface area contributed by atoms with Crippen molar-refractivity contribution in [3.8, 4) is 0 Å². The van der Waals surface area contributed by atoms with Crippen LogP contribution in [-0.4, -0.2) is 16.1 Å². The zero-order valence-corrected chi connectivity index (χ0v) is 14.6. The Balaban J connectivity index is 2.00. The molecule has 0 spiro atoms. The Kier molecular flexibility index (Phi) is 5.66. The normalized spacial score (nSPS) is 14.7. The summed E-state index contributed by atoms with van der Waals surface area (Å²) in [6, 6.07) is 10.0. The van der Waals surface area contributed by atoms with Crippen LogP contribution in [0.1, 0.15) is 48.5 Å². The molecule has 1 aromatic heterocycles. The SMILES string of the molecule is C=CCCCCC(c1ccccc1)n1c(N)nc2c(c1=O)CCNC2. The Morgan fingerprint density at radius 3 is 2.88 bits per heavy atom. The quantitative estimate of drug-likeness (QED) is 0.601. The van der Waals surface area contributed by atoms with Crippen LogP contribution in [0.4, 0.5) is 5.95 Å². The van der Waals surface area contributed by atoms with Crippen molar-refractivity contribution in [2.75, 3.05) is 12.3 Å². The average Bonchev–Trinajstić information content (AvgIpc) is 2.64. The van der Waals surface area contributed by atoms with Crippen LogP contribution < -0.4 is 16.6 Å². The van der Waals surface area contributed by atoms with Crippen molar-refractivity contribution in [3.05, 3.63) is 70.2 Å². The summed E-state index contributed by atoms with van der Waals surface area (Å²) in [7, 11) is 0. The predicted octanol–water partition coefficient (Wildman–Crippen LogP) is 2.81. The molecule has 5 nitrogen and oxygen atoms in total. The monoisotopic (exact) mass is 338 g/mol. The van der Waals surface area contributed by atoms with E-state index in [1.165, 1.54) is 0 Å². The largest absolute Gasteiger partial charge is 0.369 e. The molecule has 2 heterocycles. The maximum atomic E-state index is 13.1. The van der Waals surface area contributed by atoms with Crippen molar-refractivity contribution in [1.29, 1.82) is 0 Å². The molecular formula is C20H26N4O. The molecule has 5 heteroatoms. The van der Waals surface area contributed by atoms with Gasteiger partial charge >= 0.3 is 0 Å². The Morgan fingerprint density at radius 1 is 1.32 bits per heavy atom. The fourth-order valence-corrected chi connectivity index (χ4v) is 3.50. The fraction of sp³-hybridized carbons (Fsp3) is 0.400. The molecule has 132 valence electrons. The number of unbranched alkanes of at least 4 members (excludes halogenated alkanes) is 2. The average molecular weight is 338 g/mol. The Labute approximate surface area is 148 Å². The van der Waals surface area contributed by atoms with Gasteiger partial charge in [-0.2, -0.15) is 0 Å². The highest BCUT2D eigenvalue weighted by molar-refractivity contribution is 5.32. The summed E-state index contributed by atoms with van der Waals surface area (Å²) in [4.78, 5) is 17.7. The zero-order valence-electron chi connectivity index (χ0n) is 14.6. The number of anilines is 1. The third-order valence-corrected chi connectivity index (χ3v) is 4.80. The predicted molar refractivity (Wildman–Crippen MR) is 102 cm³/mol. The van der Waals surface area contributed by atoms with Gasteiger partial charge < -0.3 is 11.1 Å². The van der Waals surface area contributed by atoms with E-state index in [4.69, 9.17) is 5.73 Å². The van der Waals surface area contributed by atoms with Crippen molar-refractivity contribution in [3.63, 3.8) is 0 Å². The third-order valence-electron chi connectivity index (χ3n) is 4.80. The molecule has 1 aromatic carbocycles. The van der Waals surface area contributed by atoms with Crippen molar-refractivity contribution in [2.45, 2.75) is 44.7 Å². The minimum Gasteiger partial charge on any atom is -0.369 e.